The highest BCUT2D eigenvalue weighted by Crippen LogP contribution is 2.16. The highest BCUT2D eigenvalue weighted by molar-refractivity contribution is 4.71. The van der Waals surface area contributed by atoms with Crippen LogP contribution >= 0.6 is 0 Å². The zero-order valence-electron chi connectivity index (χ0n) is 12.8. The van der Waals surface area contributed by atoms with Crippen molar-refractivity contribution in [2.24, 2.45) is 5.92 Å². The maximum atomic E-state index is 8.40. The van der Waals surface area contributed by atoms with Gasteiger partial charge in [-0.25, -0.2) is 0 Å². The molecule has 0 radical (unpaired) electrons. The van der Waals surface area contributed by atoms with Crippen molar-refractivity contribution in [3.8, 4) is 0 Å². The third kappa shape index (κ3) is 4.99. The van der Waals surface area contributed by atoms with Crippen LogP contribution in [0.3, 0.4) is 0 Å². The minimum absolute atomic E-state index is 0.141. The van der Waals surface area contributed by atoms with Crippen molar-refractivity contribution in [2.75, 3.05) is 6.50 Å². The summed E-state index contributed by atoms with van der Waals surface area (Å²) >= 11 is 0. The largest absolute Gasteiger partial charge is 0.298 e. The Kier molecular flexibility index (Phi) is 5.45. The fourth-order valence-corrected chi connectivity index (χ4v) is 1.81. The smallest absolute Gasteiger partial charge is 0.0434 e. The Hall–Kier alpha value is -0.0400. The van der Waals surface area contributed by atoms with Gasteiger partial charge in [0.2, 0.25) is 0 Å². The molecule has 0 aromatic rings. The first-order chi connectivity index (χ1) is 7.28. The molecule has 14 heavy (non-hydrogen) atoms. The Morgan fingerprint density at radius 2 is 1.57 bits per heavy atom. The number of hydrogen-bond donors (Lipinski definition) is 0. The molecule has 0 aromatic carbocycles. The zero-order valence-corrected chi connectivity index (χ0v) is 10.8. The van der Waals surface area contributed by atoms with Crippen LogP contribution in [0.1, 0.15) is 63.5 Å². The van der Waals surface area contributed by atoms with Crippen molar-refractivity contribution in [3.63, 3.8) is 0 Å². The lowest BCUT2D eigenvalue weighted by molar-refractivity contribution is 0.141. The van der Waals surface area contributed by atoms with Crippen LogP contribution in [0.4, 0.5) is 0 Å². The monoisotopic (exact) mass is 201 g/mol. The van der Waals surface area contributed by atoms with Gasteiger partial charge in [0.05, 0.1) is 0 Å². The van der Waals surface area contributed by atoms with Crippen LogP contribution in [0.25, 0.3) is 0 Å². The predicted molar refractivity (Wildman–Crippen MR) is 65.7 cm³/mol. The molecule has 86 valence electrons. The molecule has 0 aliphatic rings. The maximum absolute atomic E-state index is 8.40. The van der Waals surface area contributed by atoms with E-state index in [1.54, 1.807) is 0 Å². The standard InChI is InChI=1S/C13H29N/c1-7-9-13(8-2)10-14(11(3)4)12(5)6/h11-13H,7-10H2,1-6H3/i10D2. The molecular formula is C13H29N. The van der Waals surface area contributed by atoms with Gasteiger partial charge in [-0.3, -0.25) is 4.90 Å². The van der Waals surface area contributed by atoms with Gasteiger partial charge in [-0.05, 0) is 40.0 Å². The van der Waals surface area contributed by atoms with Crippen LogP contribution in [-0.4, -0.2) is 23.5 Å². The lowest BCUT2D eigenvalue weighted by Crippen LogP contribution is -2.40. The molecule has 0 N–H and O–H groups in total. The third-order valence-electron chi connectivity index (χ3n) is 2.57. The fourth-order valence-electron chi connectivity index (χ4n) is 1.81. The Bertz CT molecular complexity index is 182. The van der Waals surface area contributed by atoms with E-state index >= 15 is 0 Å². The molecule has 0 spiro atoms. The second-order valence-corrected chi connectivity index (χ2v) is 4.62. The van der Waals surface area contributed by atoms with E-state index in [9.17, 15) is 0 Å². The molecule has 0 saturated heterocycles. The first-order valence-electron chi connectivity index (χ1n) is 7.07. The van der Waals surface area contributed by atoms with E-state index in [0.717, 1.165) is 19.3 Å². The molecule has 1 unspecified atom stereocenters. The molecule has 0 rings (SSSR count). The summed E-state index contributed by atoms with van der Waals surface area (Å²) in [4.78, 5) is 2.01. The Morgan fingerprint density at radius 1 is 1.07 bits per heavy atom. The van der Waals surface area contributed by atoms with Gasteiger partial charge in [0.15, 0.2) is 0 Å². The van der Waals surface area contributed by atoms with Gasteiger partial charge in [-0.1, -0.05) is 26.7 Å². The normalized spacial score (nSPS) is 17.5. The van der Waals surface area contributed by atoms with E-state index < -0.39 is 6.50 Å². The predicted octanol–water partition coefficient (Wildman–Crippen LogP) is 3.93. The second-order valence-electron chi connectivity index (χ2n) is 4.62. The van der Waals surface area contributed by atoms with Crippen LogP contribution in [-0.2, 0) is 0 Å². The first kappa shape index (κ1) is 10.5. The summed E-state index contributed by atoms with van der Waals surface area (Å²) in [5.74, 6) is 0.141. The minimum atomic E-state index is -1.19. The van der Waals surface area contributed by atoms with Gasteiger partial charge in [0.1, 0.15) is 0 Å². The van der Waals surface area contributed by atoms with Crippen LogP contribution in [0, 0.1) is 5.92 Å². The Labute approximate surface area is 93.7 Å². The van der Waals surface area contributed by atoms with Crippen LogP contribution < -0.4 is 0 Å². The molecule has 0 aromatic heterocycles. The molecular weight excluding hydrogens is 170 g/mol. The van der Waals surface area contributed by atoms with Gasteiger partial charge < -0.3 is 0 Å². The van der Waals surface area contributed by atoms with E-state index in [1.807, 2.05) is 4.90 Å². The molecule has 0 aliphatic carbocycles. The Morgan fingerprint density at radius 3 is 1.86 bits per heavy atom. The van der Waals surface area contributed by atoms with Gasteiger partial charge in [-0.15, -0.1) is 0 Å². The van der Waals surface area contributed by atoms with Crippen molar-refractivity contribution >= 4 is 0 Å². The van der Waals surface area contributed by atoms with E-state index in [0.29, 0.717) is 0 Å². The average molecular weight is 201 g/mol. The van der Waals surface area contributed by atoms with Crippen molar-refractivity contribution in [3.05, 3.63) is 0 Å². The molecule has 1 nitrogen and oxygen atoms in total. The second kappa shape index (κ2) is 7.28. The van der Waals surface area contributed by atoms with E-state index in [2.05, 4.69) is 41.5 Å². The molecule has 1 atom stereocenters. The summed E-state index contributed by atoms with van der Waals surface area (Å²) in [7, 11) is 0. The topological polar surface area (TPSA) is 3.24 Å². The van der Waals surface area contributed by atoms with Crippen molar-refractivity contribution in [1.82, 2.24) is 4.90 Å². The third-order valence-corrected chi connectivity index (χ3v) is 2.57. The molecule has 0 aliphatic heterocycles. The molecule has 0 bridgehead atoms. The average Bonchev–Trinajstić information content (AvgIpc) is 2.11. The molecule has 0 amide bonds. The zero-order chi connectivity index (χ0) is 12.9. The van der Waals surface area contributed by atoms with Crippen molar-refractivity contribution in [2.45, 2.75) is 72.9 Å². The highest BCUT2D eigenvalue weighted by atomic mass is 15.2. The van der Waals surface area contributed by atoms with Gasteiger partial charge >= 0.3 is 0 Å². The van der Waals surface area contributed by atoms with Crippen LogP contribution in [0.15, 0.2) is 0 Å². The summed E-state index contributed by atoms with van der Waals surface area (Å²) < 4.78 is 16.8. The number of nitrogens with zero attached hydrogens (tertiary/aromatic N) is 1. The van der Waals surface area contributed by atoms with E-state index in [4.69, 9.17) is 2.74 Å². The summed E-state index contributed by atoms with van der Waals surface area (Å²) in [6, 6.07) is 0.502. The van der Waals surface area contributed by atoms with E-state index in [-0.39, 0.29) is 18.0 Å². The highest BCUT2D eigenvalue weighted by Gasteiger charge is 2.17. The first-order valence-corrected chi connectivity index (χ1v) is 6.07. The van der Waals surface area contributed by atoms with E-state index in [1.165, 1.54) is 0 Å². The Balaban J connectivity index is 4.93. The lowest BCUT2D eigenvalue weighted by Gasteiger charge is -2.33. The van der Waals surface area contributed by atoms with Crippen molar-refractivity contribution < 1.29 is 2.74 Å². The summed E-state index contributed by atoms with van der Waals surface area (Å²) in [6.45, 7) is 11.4. The molecule has 0 heterocycles. The molecule has 1 heteroatoms. The summed E-state index contributed by atoms with van der Waals surface area (Å²) in [5, 5.41) is 0. The SMILES string of the molecule is [2H]C([2H])(C(CC)CCC)N(C(C)C)C(C)C. The van der Waals surface area contributed by atoms with Gasteiger partial charge in [0, 0.05) is 21.3 Å². The fraction of sp³-hybridized carbons (Fsp3) is 1.00. The van der Waals surface area contributed by atoms with Crippen LogP contribution in [0.5, 0.6) is 0 Å². The number of rotatable bonds is 7. The summed E-state index contributed by atoms with van der Waals surface area (Å²) in [5.41, 5.74) is 0. The number of hydrogen-bond acceptors (Lipinski definition) is 1. The maximum Gasteiger partial charge on any atom is 0.0434 e. The molecule has 0 saturated carbocycles. The van der Waals surface area contributed by atoms with Gasteiger partial charge in [0.25, 0.3) is 0 Å². The quantitative estimate of drug-likeness (QED) is 0.603. The van der Waals surface area contributed by atoms with Gasteiger partial charge in [-0.2, -0.15) is 0 Å². The summed E-state index contributed by atoms with van der Waals surface area (Å²) in [6.07, 6.45) is 2.94. The molecule has 0 fully saturated rings. The lowest BCUT2D eigenvalue weighted by atomic mass is 9.99. The van der Waals surface area contributed by atoms with Crippen LogP contribution in [0.2, 0.25) is 0 Å². The minimum Gasteiger partial charge on any atom is -0.298 e. The van der Waals surface area contributed by atoms with Crippen molar-refractivity contribution in [1.29, 1.82) is 0 Å².